The molecule has 1 fully saturated rings. The van der Waals surface area contributed by atoms with E-state index in [-0.39, 0.29) is 23.1 Å². The number of hydrogen-bond acceptors (Lipinski definition) is 1. The Kier molecular flexibility index (Phi) is 6.12. The molecule has 10 heavy (non-hydrogen) atoms. The Bertz CT molecular complexity index is 91.6. The van der Waals surface area contributed by atoms with E-state index in [1.54, 1.807) is 0 Å². The van der Waals surface area contributed by atoms with Crippen LogP contribution < -0.4 is 5.32 Å². The van der Waals surface area contributed by atoms with E-state index >= 15 is 0 Å². The predicted molar refractivity (Wildman–Crippen MR) is 44.6 cm³/mol. The maximum absolute atomic E-state index is 9.96. The summed E-state index contributed by atoms with van der Waals surface area (Å²) in [6, 6.07) is 0.483. The van der Waals surface area contributed by atoms with Gasteiger partial charge in [-0.2, -0.15) is 0 Å². The Balaban J connectivity index is 0.000000810. The summed E-state index contributed by atoms with van der Waals surface area (Å²) >= 11 is 0. The predicted octanol–water partition coefficient (Wildman–Crippen LogP) is 0.149. The summed E-state index contributed by atoms with van der Waals surface area (Å²) in [5, 5.41) is 2.80. The molecule has 0 atom stereocenters. The van der Waals surface area contributed by atoms with Crippen molar-refractivity contribution in [3.05, 3.63) is 0 Å². The third-order valence-electron chi connectivity index (χ3n) is 1.91. The first-order valence-corrected chi connectivity index (χ1v) is 3.63. The van der Waals surface area contributed by atoms with Crippen LogP contribution in [0.25, 0.3) is 0 Å². The lowest BCUT2D eigenvalue weighted by molar-refractivity contribution is -0.110. The van der Waals surface area contributed by atoms with Crippen LogP contribution in [0.2, 0.25) is 0 Å². The van der Waals surface area contributed by atoms with Gasteiger partial charge in [-0.3, -0.25) is 4.79 Å². The minimum atomic E-state index is 0. The number of hydrogen-bond donors (Lipinski definition) is 1. The van der Waals surface area contributed by atoms with Crippen molar-refractivity contribution < 1.29 is 4.79 Å². The van der Waals surface area contributed by atoms with Gasteiger partial charge in [0.2, 0.25) is 6.41 Å². The molecule has 0 aromatic carbocycles. The summed E-state index contributed by atoms with van der Waals surface area (Å²) in [6.07, 6.45) is 7.08. The Hall–Kier alpha value is 0.236. The first-order valence-electron chi connectivity index (χ1n) is 3.63. The van der Waals surface area contributed by atoms with Crippen molar-refractivity contribution in [1.29, 1.82) is 0 Å². The topological polar surface area (TPSA) is 29.1 Å². The van der Waals surface area contributed by atoms with Crippen LogP contribution in [0.1, 0.15) is 32.1 Å². The lowest BCUT2D eigenvalue weighted by atomic mass is 9.96. The number of rotatable bonds is 2. The Labute approximate surface area is 77.9 Å². The Morgan fingerprint density at radius 3 is 2.30 bits per heavy atom. The summed E-state index contributed by atoms with van der Waals surface area (Å²) in [5.41, 5.74) is 0. The number of carbonyl (C=O) groups is 1. The number of nitrogens with one attached hydrogen (secondary N) is 1. The zero-order valence-electron chi connectivity index (χ0n) is 5.60. The maximum Gasteiger partial charge on any atom is 0.316 e. The van der Waals surface area contributed by atoms with Gasteiger partial charge >= 0.3 is 23.1 Å². The second kappa shape index (κ2) is 5.98. The number of amides is 1. The van der Waals surface area contributed by atoms with Crippen LogP contribution in [0.4, 0.5) is 0 Å². The molecule has 2 nitrogen and oxygen atoms in total. The zero-order valence-corrected chi connectivity index (χ0v) is 5.60. The molecule has 1 N–H and O–H groups in total. The van der Waals surface area contributed by atoms with Gasteiger partial charge in [-0.05, 0) is 12.8 Å². The van der Waals surface area contributed by atoms with Gasteiger partial charge < -0.3 is 5.32 Å². The molecule has 0 aromatic rings. The van der Waals surface area contributed by atoms with Gasteiger partial charge in [0, 0.05) is 6.04 Å². The highest BCUT2D eigenvalue weighted by Gasteiger charge is 2.10. The van der Waals surface area contributed by atoms with E-state index in [1.807, 2.05) is 0 Å². The zero-order chi connectivity index (χ0) is 6.53. The van der Waals surface area contributed by atoms with Gasteiger partial charge in [0.15, 0.2) is 0 Å². The number of carbonyl (C=O) groups excluding carboxylic acids is 1. The monoisotopic (exact) mass is 153 g/mol. The molecule has 1 saturated carbocycles. The van der Waals surface area contributed by atoms with Crippen molar-refractivity contribution in [2.24, 2.45) is 0 Å². The smallest absolute Gasteiger partial charge is 0.316 e. The van der Waals surface area contributed by atoms with Gasteiger partial charge in [-0.15, -0.1) is 0 Å². The fourth-order valence-corrected chi connectivity index (χ4v) is 1.37. The molecule has 0 heterocycles. The first kappa shape index (κ1) is 10.2. The minimum absolute atomic E-state index is 0. The van der Waals surface area contributed by atoms with E-state index in [0.717, 1.165) is 6.41 Å². The average Bonchev–Trinajstić information content (AvgIpc) is 1.91. The van der Waals surface area contributed by atoms with E-state index in [9.17, 15) is 4.79 Å². The van der Waals surface area contributed by atoms with Crippen molar-refractivity contribution in [3.63, 3.8) is 0 Å². The van der Waals surface area contributed by atoms with Crippen LogP contribution in [0.15, 0.2) is 0 Å². The maximum atomic E-state index is 9.96. The summed E-state index contributed by atoms with van der Waals surface area (Å²) in [6.45, 7) is 0. The molecular weight excluding hydrogens is 138 g/mol. The molecule has 56 valence electrons. The molecule has 0 spiro atoms. The molecule has 0 aromatic heterocycles. The van der Waals surface area contributed by atoms with Gasteiger partial charge in [-0.25, -0.2) is 0 Å². The van der Waals surface area contributed by atoms with Crippen molar-refractivity contribution in [2.45, 2.75) is 38.1 Å². The highest BCUT2D eigenvalue weighted by atomic mass is 24.3. The summed E-state index contributed by atoms with van der Waals surface area (Å²) in [4.78, 5) is 9.96. The highest BCUT2D eigenvalue weighted by molar-refractivity contribution is 5.75. The molecule has 1 amide bonds. The van der Waals surface area contributed by atoms with Gasteiger partial charge in [0.25, 0.3) is 0 Å². The molecule has 1 aliphatic rings. The molecule has 1 rings (SSSR count). The lowest BCUT2D eigenvalue weighted by Crippen LogP contribution is -2.29. The first-order chi connectivity index (χ1) is 4.43. The molecule has 1 aliphatic carbocycles. The lowest BCUT2D eigenvalue weighted by Gasteiger charge is -2.19. The van der Waals surface area contributed by atoms with Crippen LogP contribution >= 0.6 is 0 Å². The molecule has 3 heteroatoms. The van der Waals surface area contributed by atoms with Gasteiger partial charge in [-0.1, -0.05) is 19.3 Å². The van der Waals surface area contributed by atoms with E-state index < -0.39 is 0 Å². The van der Waals surface area contributed by atoms with E-state index in [1.165, 1.54) is 32.1 Å². The van der Waals surface area contributed by atoms with Crippen molar-refractivity contribution >= 4 is 29.5 Å². The standard InChI is InChI=1S/C7H13NO.Mg.2H/c9-6-8-7-4-2-1-3-5-7;;;/h6-7H,1-5H2,(H,8,9);;;. The molecule has 0 saturated heterocycles. The highest BCUT2D eigenvalue weighted by Crippen LogP contribution is 2.16. The normalized spacial score (nSPS) is 19.2. The van der Waals surface area contributed by atoms with Crippen LogP contribution in [0.3, 0.4) is 0 Å². The quantitative estimate of drug-likeness (QED) is 0.444. The van der Waals surface area contributed by atoms with Crippen LogP contribution in [0.5, 0.6) is 0 Å². The summed E-state index contributed by atoms with van der Waals surface area (Å²) < 4.78 is 0. The molecule has 0 bridgehead atoms. The Morgan fingerprint density at radius 2 is 1.80 bits per heavy atom. The third kappa shape index (κ3) is 3.42. The van der Waals surface area contributed by atoms with Crippen molar-refractivity contribution in [1.82, 2.24) is 5.32 Å². The second-order valence-electron chi connectivity index (χ2n) is 2.62. The summed E-state index contributed by atoms with van der Waals surface area (Å²) in [7, 11) is 0. The van der Waals surface area contributed by atoms with E-state index in [2.05, 4.69) is 5.32 Å². The van der Waals surface area contributed by atoms with Gasteiger partial charge in [0.05, 0.1) is 0 Å². The molecule has 0 unspecified atom stereocenters. The molecule has 0 aliphatic heterocycles. The van der Waals surface area contributed by atoms with E-state index in [0.29, 0.717) is 6.04 Å². The summed E-state index contributed by atoms with van der Waals surface area (Å²) in [5.74, 6) is 0. The Morgan fingerprint density at radius 1 is 1.20 bits per heavy atom. The fourth-order valence-electron chi connectivity index (χ4n) is 1.37. The van der Waals surface area contributed by atoms with Crippen molar-refractivity contribution in [2.75, 3.05) is 0 Å². The van der Waals surface area contributed by atoms with Crippen LogP contribution in [-0.2, 0) is 4.79 Å². The SMILES string of the molecule is O=CNC1CCCCC1.[MgH2]. The fraction of sp³-hybridized carbons (Fsp3) is 0.857. The average molecular weight is 154 g/mol. The van der Waals surface area contributed by atoms with Crippen LogP contribution in [-0.4, -0.2) is 35.5 Å². The van der Waals surface area contributed by atoms with Crippen LogP contribution in [0, 0.1) is 0 Å². The largest absolute Gasteiger partial charge is 0.356 e. The van der Waals surface area contributed by atoms with Crippen molar-refractivity contribution in [3.8, 4) is 0 Å². The second-order valence-corrected chi connectivity index (χ2v) is 2.62. The molecular formula is C7H15MgNO. The molecule has 0 radical (unpaired) electrons. The van der Waals surface area contributed by atoms with E-state index in [4.69, 9.17) is 0 Å². The third-order valence-corrected chi connectivity index (χ3v) is 1.91. The minimum Gasteiger partial charge on any atom is -0.356 e. The van der Waals surface area contributed by atoms with Gasteiger partial charge in [0.1, 0.15) is 0 Å².